The van der Waals surface area contributed by atoms with Gasteiger partial charge in [0.1, 0.15) is 10.9 Å². The molecule has 0 radical (unpaired) electrons. The summed E-state index contributed by atoms with van der Waals surface area (Å²) in [4.78, 5) is 16.7. The Hall–Kier alpha value is -1.75. The minimum absolute atomic E-state index is 0.115. The van der Waals surface area contributed by atoms with Gasteiger partial charge in [0.25, 0.3) is 0 Å². The second-order valence-electron chi connectivity index (χ2n) is 5.43. The normalized spacial score (nSPS) is 11.1. The lowest BCUT2D eigenvalue weighted by Crippen LogP contribution is -2.06. The quantitative estimate of drug-likeness (QED) is 0.831. The van der Waals surface area contributed by atoms with Crippen LogP contribution in [-0.4, -0.2) is 20.6 Å². The second kappa shape index (κ2) is 7.49. The smallest absolute Gasteiger partial charge is 0.303 e. The highest BCUT2D eigenvalue weighted by Gasteiger charge is 2.19. The molecule has 5 heteroatoms. The van der Waals surface area contributed by atoms with E-state index in [1.807, 2.05) is 18.2 Å². The van der Waals surface area contributed by atoms with Crippen LogP contribution in [0.1, 0.15) is 44.6 Å². The molecule has 2 aromatic rings. The monoisotopic (exact) mass is 318 g/mol. The highest BCUT2D eigenvalue weighted by Crippen LogP contribution is 2.34. The van der Waals surface area contributed by atoms with Crippen LogP contribution in [0, 0.1) is 0 Å². The third-order valence-electron chi connectivity index (χ3n) is 3.41. The third-order valence-corrected chi connectivity index (χ3v) is 4.54. The Morgan fingerprint density at radius 3 is 2.55 bits per heavy atom. The molecule has 2 rings (SSSR count). The Kier molecular flexibility index (Phi) is 5.66. The molecular weight excluding hydrogens is 296 g/mol. The van der Waals surface area contributed by atoms with Crippen molar-refractivity contribution in [2.45, 2.75) is 56.0 Å². The topological polar surface area (TPSA) is 55.1 Å². The van der Waals surface area contributed by atoms with Gasteiger partial charge < -0.3 is 9.67 Å². The van der Waals surface area contributed by atoms with E-state index in [1.54, 1.807) is 11.8 Å². The molecular formula is C17H22N2O2S. The zero-order valence-electron chi connectivity index (χ0n) is 13.2. The van der Waals surface area contributed by atoms with Crippen LogP contribution in [0.3, 0.4) is 0 Å². The number of carboxylic acids is 1. The van der Waals surface area contributed by atoms with Crippen LogP contribution < -0.4 is 0 Å². The van der Waals surface area contributed by atoms with Gasteiger partial charge in [-0.05, 0) is 25.0 Å². The molecule has 4 nitrogen and oxygen atoms in total. The van der Waals surface area contributed by atoms with Gasteiger partial charge in [-0.25, -0.2) is 4.98 Å². The number of carbonyl (C=O) groups is 1. The Morgan fingerprint density at radius 2 is 2.00 bits per heavy atom. The van der Waals surface area contributed by atoms with Crippen LogP contribution in [0.5, 0.6) is 0 Å². The number of aliphatic carboxylic acids is 1. The Bertz CT molecular complexity index is 636. The van der Waals surface area contributed by atoms with E-state index in [-0.39, 0.29) is 6.42 Å². The highest BCUT2D eigenvalue weighted by atomic mass is 32.2. The maximum atomic E-state index is 10.8. The van der Waals surface area contributed by atoms with E-state index in [1.165, 1.54) is 4.90 Å². The molecule has 1 aromatic carbocycles. The van der Waals surface area contributed by atoms with E-state index < -0.39 is 5.97 Å². The predicted octanol–water partition coefficient (Wildman–Crippen LogP) is 4.19. The first kappa shape index (κ1) is 16.6. The average Bonchev–Trinajstić information content (AvgIpc) is 2.84. The maximum Gasteiger partial charge on any atom is 0.303 e. The van der Waals surface area contributed by atoms with E-state index in [4.69, 9.17) is 10.1 Å². The fourth-order valence-corrected chi connectivity index (χ4v) is 3.57. The number of rotatable bonds is 7. The van der Waals surface area contributed by atoms with Gasteiger partial charge in [0.2, 0.25) is 0 Å². The van der Waals surface area contributed by atoms with Gasteiger partial charge in [0.15, 0.2) is 0 Å². The predicted molar refractivity (Wildman–Crippen MR) is 88.5 cm³/mol. The van der Waals surface area contributed by atoms with Crippen molar-refractivity contribution in [3.63, 3.8) is 0 Å². The number of benzene rings is 1. The van der Waals surface area contributed by atoms with Gasteiger partial charge in [-0.15, -0.1) is 0 Å². The van der Waals surface area contributed by atoms with Gasteiger partial charge in [-0.1, -0.05) is 43.8 Å². The summed E-state index contributed by atoms with van der Waals surface area (Å²) in [6, 6.07) is 10.2. The van der Waals surface area contributed by atoms with Crippen LogP contribution in [0.25, 0.3) is 0 Å². The summed E-state index contributed by atoms with van der Waals surface area (Å²) >= 11 is 1.70. The molecule has 0 aliphatic heterocycles. The minimum atomic E-state index is -0.783. The van der Waals surface area contributed by atoms with Crippen LogP contribution in [-0.2, 0) is 17.8 Å². The molecule has 0 spiro atoms. The Labute approximate surface area is 135 Å². The lowest BCUT2D eigenvalue weighted by Gasteiger charge is -2.11. The lowest BCUT2D eigenvalue weighted by atomic mass is 10.1. The number of aryl methyl sites for hydroxylation is 1. The van der Waals surface area contributed by atoms with E-state index in [9.17, 15) is 4.79 Å². The number of nitrogens with zero attached hydrogens (tertiary/aromatic N) is 2. The summed E-state index contributed by atoms with van der Waals surface area (Å²) < 4.78 is 2.15. The van der Waals surface area contributed by atoms with Crippen molar-refractivity contribution in [1.29, 1.82) is 0 Å². The molecule has 1 N–H and O–H groups in total. The van der Waals surface area contributed by atoms with Crippen LogP contribution in [0.2, 0.25) is 0 Å². The fraction of sp³-hybridized carbons (Fsp3) is 0.412. The summed E-state index contributed by atoms with van der Waals surface area (Å²) in [6.45, 7) is 7.12. The first-order chi connectivity index (χ1) is 10.5. The van der Waals surface area contributed by atoms with E-state index >= 15 is 0 Å². The third kappa shape index (κ3) is 3.91. The lowest BCUT2D eigenvalue weighted by molar-refractivity contribution is -0.137. The number of imidazole rings is 1. The first-order valence-corrected chi connectivity index (χ1v) is 8.38. The molecule has 0 fully saturated rings. The molecule has 0 aliphatic carbocycles. The second-order valence-corrected chi connectivity index (χ2v) is 6.49. The Balaban J connectivity index is 2.38. The SMILES string of the molecule is CCn1c(CCC(=O)O)nc(C(C)C)c1Sc1ccccc1. The van der Waals surface area contributed by atoms with E-state index in [0.29, 0.717) is 12.3 Å². The molecule has 0 aliphatic rings. The summed E-state index contributed by atoms with van der Waals surface area (Å²) in [6.07, 6.45) is 0.586. The first-order valence-electron chi connectivity index (χ1n) is 7.56. The van der Waals surface area contributed by atoms with Gasteiger partial charge >= 0.3 is 5.97 Å². The molecule has 22 heavy (non-hydrogen) atoms. The summed E-state index contributed by atoms with van der Waals surface area (Å²) in [7, 11) is 0. The zero-order valence-corrected chi connectivity index (χ0v) is 14.1. The molecule has 118 valence electrons. The van der Waals surface area contributed by atoms with E-state index in [0.717, 1.165) is 23.1 Å². The maximum absolute atomic E-state index is 10.8. The molecule has 0 saturated heterocycles. The molecule has 0 bridgehead atoms. The number of hydrogen-bond acceptors (Lipinski definition) is 3. The fourth-order valence-electron chi connectivity index (χ4n) is 2.32. The largest absolute Gasteiger partial charge is 0.481 e. The molecule has 1 heterocycles. The summed E-state index contributed by atoms with van der Waals surface area (Å²) in [5.74, 6) is 0.392. The van der Waals surface area contributed by atoms with Gasteiger partial charge in [-0.3, -0.25) is 4.79 Å². The van der Waals surface area contributed by atoms with Gasteiger partial charge in [0.05, 0.1) is 12.1 Å². The van der Waals surface area contributed by atoms with Crippen molar-refractivity contribution >= 4 is 17.7 Å². The highest BCUT2D eigenvalue weighted by molar-refractivity contribution is 7.99. The molecule has 0 saturated carbocycles. The van der Waals surface area contributed by atoms with Crippen molar-refractivity contribution in [1.82, 2.24) is 9.55 Å². The van der Waals surface area contributed by atoms with Gasteiger partial charge in [-0.2, -0.15) is 0 Å². The van der Waals surface area contributed by atoms with Crippen LogP contribution in [0.4, 0.5) is 0 Å². The van der Waals surface area contributed by atoms with Crippen molar-refractivity contribution in [3.8, 4) is 0 Å². The molecule has 0 amide bonds. The van der Waals surface area contributed by atoms with Crippen molar-refractivity contribution < 1.29 is 9.90 Å². The molecule has 0 unspecified atom stereocenters. The van der Waals surface area contributed by atoms with Gasteiger partial charge in [0, 0.05) is 17.9 Å². The zero-order chi connectivity index (χ0) is 16.1. The Morgan fingerprint density at radius 1 is 1.32 bits per heavy atom. The summed E-state index contributed by atoms with van der Waals surface area (Å²) in [5, 5.41) is 10.0. The van der Waals surface area contributed by atoms with Crippen molar-refractivity contribution in [2.75, 3.05) is 0 Å². The average molecular weight is 318 g/mol. The van der Waals surface area contributed by atoms with Crippen molar-refractivity contribution in [2.24, 2.45) is 0 Å². The molecule has 0 atom stereocenters. The standard InChI is InChI=1S/C17H22N2O2S/c1-4-19-14(10-11-15(20)21)18-16(12(2)3)17(19)22-13-8-6-5-7-9-13/h5-9,12H,4,10-11H2,1-3H3,(H,20,21). The number of hydrogen-bond donors (Lipinski definition) is 1. The molecule has 1 aromatic heterocycles. The number of aromatic nitrogens is 2. The van der Waals surface area contributed by atoms with E-state index in [2.05, 4.69) is 37.5 Å². The van der Waals surface area contributed by atoms with Crippen LogP contribution in [0.15, 0.2) is 40.3 Å². The minimum Gasteiger partial charge on any atom is -0.481 e. The summed E-state index contributed by atoms with van der Waals surface area (Å²) in [5.41, 5.74) is 1.05. The number of carboxylic acid groups (broad SMARTS) is 1. The van der Waals surface area contributed by atoms with Crippen LogP contribution >= 0.6 is 11.8 Å². The van der Waals surface area contributed by atoms with Crippen molar-refractivity contribution in [3.05, 3.63) is 41.9 Å².